The minimum atomic E-state index is -0.360. The number of methoxy groups -OCH3 is 1. The van der Waals surface area contributed by atoms with Gasteiger partial charge in [-0.05, 0) is 47.2 Å². The van der Waals surface area contributed by atoms with Gasteiger partial charge in [0.2, 0.25) is 5.91 Å². The van der Waals surface area contributed by atoms with E-state index in [1.165, 1.54) is 16.7 Å². The molecule has 0 N–H and O–H groups in total. The Balaban J connectivity index is 1.63. The number of fused-ring (bicyclic) bond motifs is 1. The fourth-order valence-electron chi connectivity index (χ4n) is 5.46. The van der Waals surface area contributed by atoms with Crippen molar-refractivity contribution in [1.29, 1.82) is 0 Å². The van der Waals surface area contributed by atoms with Crippen LogP contribution in [-0.4, -0.2) is 17.9 Å². The standard InChI is InChI=1S/C29H29NO2/c1-29-19-9-8-14-26(29)27(30(28(29)31)20-21-10-4-3-5-11-21)25-13-7-6-12-24(25)22-15-17-23(32-2)18-16-22/h3-8,10-18,26-27H,9,19-20H2,1-2H3/t26-,27-,29+/m0/s1. The van der Waals surface area contributed by atoms with Gasteiger partial charge in [-0.3, -0.25) is 4.79 Å². The van der Waals surface area contributed by atoms with E-state index in [2.05, 4.69) is 72.5 Å². The van der Waals surface area contributed by atoms with Crippen LogP contribution in [0.3, 0.4) is 0 Å². The van der Waals surface area contributed by atoms with E-state index in [1.807, 2.05) is 30.3 Å². The fraction of sp³-hybridized carbons (Fsp3) is 0.276. The number of benzene rings is 3. The molecular formula is C29H29NO2. The van der Waals surface area contributed by atoms with Crippen LogP contribution in [0.4, 0.5) is 0 Å². The Morgan fingerprint density at radius 2 is 1.69 bits per heavy atom. The number of hydrogen-bond donors (Lipinski definition) is 0. The van der Waals surface area contributed by atoms with E-state index >= 15 is 0 Å². The van der Waals surface area contributed by atoms with E-state index in [0.29, 0.717) is 6.54 Å². The second kappa shape index (κ2) is 8.31. The number of hydrogen-bond acceptors (Lipinski definition) is 2. The van der Waals surface area contributed by atoms with Crippen LogP contribution in [0.1, 0.15) is 36.9 Å². The summed E-state index contributed by atoms with van der Waals surface area (Å²) in [5, 5.41) is 0. The number of nitrogens with zero attached hydrogens (tertiary/aromatic N) is 1. The predicted octanol–water partition coefficient (Wildman–Crippen LogP) is 6.42. The molecule has 1 heterocycles. The highest BCUT2D eigenvalue weighted by atomic mass is 16.5. The number of carbonyl (C=O) groups is 1. The van der Waals surface area contributed by atoms with Crippen molar-refractivity contribution in [2.75, 3.05) is 7.11 Å². The summed E-state index contributed by atoms with van der Waals surface area (Å²) in [6.07, 6.45) is 6.42. The lowest BCUT2D eigenvalue weighted by Gasteiger charge is -2.32. The third kappa shape index (κ3) is 3.42. The van der Waals surface area contributed by atoms with Gasteiger partial charge in [-0.1, -0.05) is 85.8 Å². The van der Waals surface area contributed by atoms with Gasteiger partial charge < -0.3 is 9.64 Å². The Bertz CT molecular complexity index is 1140. The van der Waals surface area contributed by atoms with Crippen LogP contribution in [-0.2, 0) is 11.3 Å². The molecule has 3 aromatic carbocycles. The molecule has 1 saturated heterocycles. The summed E-state index contributed by atoms with van der Waals surface area (Å²) in [7, 11) is 1.69. The van der Waals surface area contributed by atoms with Gasteiger partial charge in [0.05, 0.1) is 18.6 Å². The lowest BCUT2D eigenvalue weighted by Crippen LogP contribution is -2.34. The molecule has 32 heavy (non-hydrogen) atoms. The number of rotatable bonds is 5. The first-order valence-corrected chi connectivity index (χ1v) is 11.4. The number of amides is 1. The summed E-state index contributed by atoms with van der Waals surface area (Å²) in [4.78, 5) is 16.0. The van der Waals surface area contributed by atoms with E-state index in [-0.39, 0.29) is 23.3 Å². The number of likely N-dealkylation sites (tertiary alicyclic amines) is 1. The van der Waals surface area contributed by atoms with Crippen molar-refractivity contribution in [1.82, 2.24) is 4.90 Å². The molecule has 0 spiro atoms. The van der Waals surface area contributed by atoms with E-state index in [4.69, 9.17) is 4.74 Å². The highest BCUT2D eigenvalue weighted by molar-refractivity contribution is 5.87. The summed E-state index contributed by atoms with van der Waals surface area (Å²) < 4.78 is 5.35. The van der Waals surface area contributed by atoms with Crippen molar-refractivity contribution in [3.05, 3.63) is 102 Å². The zero-order valence-corrected chi connectivity index (χ0v) is 18.7. The molecule has 162 valence electrons. The molecular weight excluding hydrogens is 394 g/mol. The third-order valence-corrected chi connectivity index (χ3v) is 7.21. The molecule has 1 aliphatic carbocycles. The van der Waals surface area contributed by atoms with E-state index in [1.54, 1.807) is 7.11 Å². The number of ether oxygens (including phenoxy) is 1. The van der Waals surface area contributed by atoms with Gasteiger partial charge in [-0.25, -0.2) is 0 Å². The van der Waals surface area contributed by atoms with Crippen LogP contribution in [0.5, 0.6) is 5.75 Å². The van der Waals surface area contributed by atoms with Gasteiger partial charge in [0.25, 0.3) is 0 Å². The maximum atomic E-state index is 13.9. The fourth-order valence-corrected chi connectivity index (χ4v) is 5.46. The highest BCUT2D eigenvalue weighted by Crippen LogP contribution is 2.55. The van der Waals surface area contributed by atoms with Gasteiger partial charge in [-0.2, -0.15) is 0 Å². The van der Waals surface area contributed by atoms with Crippen molar-refractivity contribution in [3.63, 3.8) is 0 Å². The molecule has 0 radical (unpaired) electrons. The van der Waals surface area contributed by atoms with Crippen LogP contribution in [0, 0.1) is 11.3 Å². The summed E-state index contributed by atoms with van der Waals surface area (Å²) >= 11 is 0. The maximum absolute atomic E-state index is 13.9. The second-order valence-electron chi connectivity index (χ2n) is 9.09. The number of carbonyl (C=O) groups excluding carboxylic acids is 1. The molecule has 1 aliphatic heterocycles. The van der Waals surface area contributed by atoms with E-state index in [0.717, 1.165) is 24.2 Å². The maximum Gasteiger partial charge on any atom is 0.230 e. The SMILES string of the molecule is COc1ccc(-c2ccccc2[C@H]2[C@@H]3C=CCC[C@@]3(C)C(=O)N2Cc2ccccc2)cc1. The molecule has 0 saturated carbocycles. The zero-order valence-electron chi connectivity index (χ0n) is 18.7. The van der Waals surface area contributed by atoms with Gasteiger partial charge in [0.15, 0.2) is 0 Å². The van der Waals surface area contributed by atoms with Crippen LogP contribution in [0.2, 0.25) is 0 Å². The van der Waals surface area contributed by atoms with Crippen molar-refractivity contribution in [2.24, 2.45) is 11.3 Å². The first-order valence-electron chi connectivity index (χ1n) is 11.4. The number of allylic oxidation sites excluding steroid dienone is 1. The van der Waals surface area contributed by atoms with Gasteiger partial charge in [0.1, 0.15) is 5.75 Å². The van der Waals surface area contributed by atoms with Crippen molar-refractivity contribution in [2.45, 2.75) is 32.4 Å². The molecule has 2 aliphatic rings. The topological polar surface area (TPSA) is 29.5 Å². The van der Waals surface area contributed by atoms with Crippen LogP contribution >= 0.6 is 0 Å². The minimum Gasteiger partial charge on any atom is -0.497 e. The molecule has 1 amide bonds. The Labute approximate surface area is 190 Å². The summed E-state index contributed by atoms with van der Waals surface area (Å²) in [5.74, 6) is 1.27. The molecule has 5 rings (SSSR count). The molecule has 0 unspecified atom stereocenters. The van der Waals surface area contributed by atoms with Crippen molar-refractivity contribution in [3.8, 4) is 16.9 Å². The first-order chi connectivity index (χ1) is 15.6. The third-order valence-electron chi connectivity index (χ3n) is 7.21. The molecule has 3 heteroatoms. The van der Waals surface area contributed by atoms with Gasteiger partial charge >= 0.3 is 0 Å². The molecule has 1 fully saturated rings. The largest absolute Gasteiger partial charge is 0.497 e. The van der Waals surface area contributed by atoms with Crippen molar-refractivity contribution < 1.29 is 9.53 Å². The van der Waals surface area contributed by atoms with E-state index < -0.39 is 0 Å². The Morgan fingerprint density at radius 3 is 2.44 bits per heavy atom. The molecule has 0 aromatic heterocycles. The summed E-state index contributed by atoms with van der Waals surface area (Å²) in [6.45, 7) is 2.79. The summed E-state index contributed by atoms with van der Waals surface area (Å²) in [6, 6.07) is 27.1. The quantitative estimate of drug-likeness (QED) is 0.443. The average Bonchev–Trinajstić information content (AvgIpc) is 3.06. The van der Waals surface area contributed by atoms with E-state index in [9.17, 15) is 4.79 Å². The molecule has 3 atom stereocenters. The lowest BCUT2D eigenvalue weighted by atomic mass is 9.69. The molecule has 0 bridgehead atoms. The minimum absolute atomic E-state index is 0.00237. The monoisotopic (exact) mass is 423 g/mol. The smallest absolute Gasteiger partial charge is 0.230 e. The van der Waals surface area contributed by atoms with Gasteiger partial charge in [-0.15, -0.1) is 0 Å². The predicted molar refractivity (Wildman–Crippen MR) is 128 cm³/mol. The molecule has 3 nitrogen and oxygen atoms in total. The Hall–Kier alpha value is -3.33. The normalized spacial score (nSPS) is 24.4. The Kier molecular flexibility index (Phi) is 5.34. The van der Waals surface area contributed by atoms with Crippen LogP contribution in [0.25, 0.3) is 11.1 Å². The van der Waals surface area contributed by atoms with Crippen LogP contribution < -0.4 is 4.74 Å². The summed E-state index contributed by atoms with van der Waals surface area (Å²) in [5.41, 5.74) is 4.33. The second-order valence-corrected chi connectivity index (χ2v) is 9.09. The average molecular weight is 424 g/mol. The molecule has 3 aromatic rings. The zero-order chi connectivity index (χ0) is 22.1. The van der Waals surface area contributed by atoms with Crippen LogP contribution in [0.15, 0.2) is 91.0 Å². The first kappa shape index (κ1) is 20.6. The van der Waals surface area contributed by atoms with Crippen molar-refractivity contribution >= 4 is 5.91 Å². The lowest BCUT2D eigenvalue weighted by molar-refractivity contribution is -0.137. The Morgan fingerprint density at radius 1 is 0.969 bits per heavy atom. The highest BCUT2D eigenvalue weighted by Gasteiger charge is 2.56. The van der Waals surface area contributed by atoms with Gasteiger partial charge in [0, 0.05) is 12.5 Å².